The van der Waals surface area contributed by atoms with Crippen LogP contribution in [0, 0.1) is 5.82 Å². The molecule has 1 aromatic carbocycles. The molecule has 6 heteroatoms. The number of rotatable bonds is 7. The molecule has 2 rings (SSSR count). The number of hydrogen-bond donors (Lipinski definition) is 1. The number of carbonyl (C=O) groups excluding carboxylic acids is 2. The summed E-state index contributed by atoms with van der Waals surface area (Å²) in [6.45, 7) is 3.83. The quantitative estimate of drug-likeness (QED) is 0.742. The molecule has 0 aliphatic carbocycles. The number of nitrogens with zero attached hydrogens (tertiary/aromatic N) is 1. The summed E-state index contributed by atoms with van der Waals surface area (Å²) in [4.78, 5) is 25.6. The Morgan fingerprint density at radius 2 is 2.00 bits per heavy atom. The fourth-order valence-electron chi connectivity index (χ4n) is 1.94. The average Bonchev–Trinajstić information content (AvgIpc) is 3.02. The Morgan fingerprint density at radius 1 is 1.25 bits per heavy atom. The summed E-state index contributed by atoms with van der Waals surface area (Å²) in [5.74, 6) is -0.524. The Labute approximate surface area is 145 Å². The van der Waals surface area contributed by atoms with Gasteiger partial charge in [0.15, 0.2) is 0 Å². The van der Waals surface area contributed by atoms with Gasteiger partial charge in [0.2, 0.25) is 0 Å². The molecule has 4 nitrogen and oxygen atoms in total. The van der Waals surface area contributed by atoms with Crippen molar-refractivity contribution in [2.24, 2.45) is 5.73 Å². The first kappa shape index (κ1) is 20.0. The first-order valence-electron chi connectivity index (χ1n) is 7.95. The van der Waals surface area contributed by atoms with Crippen LogP contribution >= 0.6 is 11.3 Å². The molecule has 2 N–H and O–H groups in total. The molecule has 0 atom stereocenters. The van der Waals surface area contributed by atoms with E-state index in [9.17, 15) is 14.0 Å². The summed E-state index contributed by atoms with van der Waals surface area (Å²) in [5, 5.41) is 0.586. The van der Waals surface area contributed by atoms with E-state index in [-0.39, 0.29) is 5.82 Å². The maximum atomic E-state index is 12.9. The van der Waals surface area contributed by atoms with E-state index >= 15 is 0 Å². The average molecular weight is 350 g/mol. The van der Waals surface area contributed by atoms with Crippen molar-refractivity contribution in [3.05, 3.63) is 41.2 Å². The summed E-state index contributed by atoms with van der Waals surface area (Å²) in [5.41, 5.74) is 5.74. The Bertz CT molecular complexity index is 671. The number of primary amides is 1. The van der Waals surface area contributed by atoms with Crippen molar-refractivity contribution in [3.8, 4) is 10.6 Å². The number of Topliss-reactive ketones (excluding diaryl/α,β-unsaturated/α-hetero) is 1. The smallest absolute Gasteiger partial charge is 0.260 e. The van der Waals surface area contributed by atoms with Crippen LogP contribution in [0.2, 0.25) is 0 Å². The first-order chi connectivity index (χ1) is 11.4. The number of nitrogens with two attached hydrogens (primary N) is 1. The first-order valence-corrected chi connectivity index (χ1v) is 8.76. The lowest BCUT2D eigenvalue weighted by Gasteiger charge is -1.94. The van der Waals surface area contributed by atoms with Crippen LogP contribution in [0.5, 0.6) is 0 Å². The molecule has 0 bridgehead atoms. The van der Waals surface area contributed by atoms with Crippen LogP contribution in [0.4, 0.5) is 4.39 Å². The summed E-state index contributed by atoms with van der Waals surface area (Å²) in [7, 11) is 0. The van der Waals surface area contributed by atoms with Crippen molar-refractivity contribution in [1.82, 2.24) is 4.98 Å². The van der Waals surface area contributed by atoms with Gasteiger partial charge < -0.3 is 10.5 Å². The summed E-state index contributed by atoms with van der Waals surface area (Å²) in [6.07, 6.45) is 7.00. The van der Waals surface area contributed by atoms with Gasteiger partial charge in [0.25, 0.3) is 5.91 Å². The van der Waals surface area contributed by atoms with Gasteiger partial charge in [0, 0.05) is 12.0 Å². The van der Waals surface area contributed by atoms with E-state index in [1.54, 1.807) is 19.1 Å². The van der Waals surface area contributed by atoms with E-state index in [0.29, 0.717) is 21.2 Å². The van der Waals surface area contributed by atoms with Crippen LogP contribution in [0.1, 0.15) is 55.6 Å². The Balaban J connectivity index is 0.000000277. The van der Waals surface area contributed by atoms with Gasteiger partial charge in [0.1, 0.15) is 21.5 Å². The standard InChI is InChI=1S/C10H7FN2OS.C8H16O/c11-7-3-1-2-6(4-7)10-13-5-8(15-10)9(12)14;1-3-4-5-6-7-8(2)9/h1-5H,(H2,12,14);3-7H2,1-2H3. The molecule has 0 radical (unpaired) electrons. The number of benzene rings is 1. The van der Waals surface area contributed by atoms with E-state index in [4.69, 9.17) is 5.73 Å². The van der Waals surface area contributed by atoms with Gasteiger partial charge in [-0.3, -0.25) is 4.79 Å². The monoisotopic (exact) mass is 350 g/mol. The topological polar surface area (TPSA) is 73.1 Å². The molecule has 0 spiro atoms. The Hall–Kier alpha value is -2.08. The summed E-state index contributed by atoms with van der Waals surface area (Å²) >= 11 is 1.15. The van der Waals surface area contributed by atoms with Crippen molar-refractivity contribution in [1.29, 1.82) is 0 Å². The molecule has 1 heterocycles. The van der Waals surface area contributed by atoms with E-state index in [1.165, 1.54) is 37.6 Å². The molecule has 130 valence electrons. The third kappa shape index (κ3) is 7.46. The highest BCUT2D eigenvalue weighted by Gasteiger charge is 2.08. The van der Waals surface area contributed by atoms with Crippen molar-refractivity contribution >= 4 is 23.0 Å². The van der Waals surface area contributed by atoms with Crippen molar-refractivity contribution in [2.45, 2.75) is 46.0 Å². The minimum atomic E-state index is -0.518. The SMILES string of the molecule is CCCCCCC(C)=O.NC(=O)c1cnc(-c2cccc(F)c2)s1. The molecule has 0 saturated heterocycles. The van der Waals surface area contributed by atoms with Crippen LogP contribution in [0.3, 0.4) is 0 Å². The number of halogens is 1. The zero-order valence-electron chi connectivity index (χ0n) is 14.0. The lowest BCUT2D eigenvalue weighted by atomic mass is 10.1. The number of unbranched alkanes of at least 4 members (excludes halogenated alkanes) is 3. The van der Waals surface area contributed by atoms with Crippen molar-refractivity contribution < 1.29 is 14.0 Å². The molecule has 0 fully saturated rings. The maximum Gasteiger partial charge on any atom is 0.260 e. The Morgan fingerprint density at radius 3 is 2.54 bits per heavy atom. The van der Waals surface area contributed by atoms with Crippen LogP contribution in [0.25, 0.3) is 10.6 Å². The fraction of sp³-hybridized carbons (Fsp3) is 0.389. The van der Waals surface area contributed by atoms with Crippen LogP contribution in [-0.2, 0) is 4.79 Å². The zero-order chi connectivity index (χ0) is 17.9. The minimum Gasteiger partial charge on any atom is -0.365 e. The number of aromatic nitrogens is 1. The summed E-state index contributed by atoms with van der Waals surface area (Å²) < 4.78 is 12.9. The number of thiazole rings is 1. The predicted molar refractivity (Wildman–Crippen MR) is 95.5 cm³/mol. The number of amides is 1. The second-order valence-electron chi connectivity index (χ2n) is 5.42. The van der Waals surface area contributed by atoms with Gasteiger partial charge in [-0.15, -0.1) is 11.3 Å². The lowest BCUT2D eigenvalue weighted by Crippen LogP contribution is -2.08. The van der Waals surface area contributed by atoms with Gasteiger partial charge in [-0.2, -0.15) is 0 Å². The highest BCUT2D eigenvalue weighted by atomic mass is 32.1. The molecule has 0 aliphatic heterocycles. The molecule has 2 aromatic rings. The molecular weight excluding hydrogens is 327 g/mol. The van der Waals surface area contributed by atoms with E-state index in [0.717, 1.165) is 24.2 Å². The van der Waals surface area contributed by atoms with E-state index in [1.807, 2.05) is 0 Å². The van der Waals surface area contributed by atoms with Crippen LogP contribution < -0.4 is 5.73 Å². The molecule has 24 heavy (non-hydrogen) atoms. The second-order valence-corrected chi connectivity index (χ2v) is 6.45. The van der Waals surface area contributed by atoms with E-state index < -0.39 is 5.91 Å². The largest absolute Gasteiger partial charge is 0.365 e. The third-order valence-electron chi connectivity index (χ3n) is 3.20. The Kier molecular flexibility index (Phi) is 8.86. The number of carbonyl (C=O) groups is 2. The molecule has 0 aliphatic rings. The molecule has 1 amide bonds. The number of hydrogen-bond acceptors (Lipinski definition) is 4. The van der Waals surface area contributed by atoms with E-state index in [2.05, 4.69) is 11.9 Å². The van der Waals surface area contributed by atoms with Gasteiger partial charge in [-0.1, -0.05) is 38.3 Å². The van der Waals surface area contributed by atoms with Gasteiger partial charge in [-0.05, 0) is 25.5 Å². The van der Waals surface area contributed by atoms with Crippen molar-refractivity contribution in [2.75, 3.05) is 0 Å². The maximum absolute atomic E-state index is 12.9. The minimum absolute atomic E-state index is 0.325. The molecule has 0 saturated carbocycles. The normalized spacial score (nSPS) is 9.96. The molecule has 1 aromatic heterocycles. The predicted octanol–water partition coefficient (Wildman–Crippen LogP) is 4.59. The molecule has 0 unspecified atom stereocenters. The van der Waals surface area contributed by atoms with Gasteiger partial charge in [-0.25, -0.2) is 9.37 Å². The molecular formula is C18H23FN2O2S. The van der Waals surface area contributed by atoms with Gasteiger partial charge >= 0.3 is 0 Å². The number of ketones is 1. The summed E-state index contributed by atoms with van der Waals surface area (Å²) in [6, 6.07) is 6.04. The zero-order valence-corrected chi connectivity index (χ0v) is 14.9. The highest BCUT2D eigenvalue weighted by molar-refractivity contribution is 7.16. The fourth-order valence-corrected chi connectivity index (χ4v) is 2.71. The third-order valence-corrected chi connectivity index (χ3v) is 4.26. The van der Waals surface area contributed by atoms with Crippen LogP contribution in [-0.4, -0.2) is 16.7 Å². The van der Waals surface area contributed by atoms with Crippen molar-refractivity contribution in [3.63, 3.8) is 0 Å². The second kappa shape index (κ2) is 10.6. The van der Waals surface area contributed by atoms with Crippen LogP contribution in [0.15, 0.2) is 30.5 Å². The van der Waals surface area contributed by atoms with Gasteiger partial charge in [0.05, 0.1) is 6.20 Å². The highest BCUT2D eigenvalue weighted by Crippen LogP contribution is 2.25. The lowest BCUT2D eigenvalue weighted by molar-refractivity contribution is -0.117.